The number of benzene rings is 1. The molecule has 3 unspecified atom stereocenters. The zero-order chi connectivity index (χ0) is 23.6. The lowest BCUT2D eigenvalue weighted by atomic mass is 9.83. The second-order valence-corrected chi connectivity index (χ2v) is 9.44. The minimum atomic E-state index is -0.551. The number of urea groups is 1. The Morgan fingerprint density at radius 2 is 1.82 bits per heavy atom. The van der Waals surface area contributed by atoms with E-state index in [9.17, 15) is 9.59 Å². The Kier molecular flexibility index (Phi) is 10.0. The quantitative estimate of drug-likeness (QED) is 0.546. The molecule has 1 saturated carbocycles. The Bertz CT molecular complexity index is 736. The highest BCUT2D eigenvalue weighted by Crippen LogP contribution is 2.34. The van der Waals surface area contributed by atoms with Crippen molar-refractivity contribution < 1.29 is 19.1 Å². The zero-order valence-corrected chi connectivity index (χ0v) is 20.4. The van der Waals surface area contributed by atoms with Gasteiger partial charge in [-0.15, -0.1) is 0 Å². The van der Waals surface area contributed by atoms with Gasteiger partial charge in [-0.1, -0.05) is 30.3 Å². The molecule has 1 heterocycles. The minimum absolute atomic E-state index is 0.0169. The molecule has 3 atom stereocenters. The molecule has 1 aromatic carbocycles. The Hall–Kier alpha value is -2.12. The number of hydrogen-bond donors (Lipinski definition) is 2. The number of carbonyl (C=O) groups excluding carboxylic acids is 2. The first-order valence-electron chi connectivity index (χ1n) is 12.6. The third kappa shape index (κ3) is 8.00. The molecule has 3 rings (SSSR count). The molecule has 33 heavy (non-hydrogen) atoms. The highest BCUT2D eigenvalue weighted by Gasteiger charge is 2.27. The lowest BCUT2D eigenvalue weighted by Gasteiger charge is -2.33. The first-order chi connectivity index (χ1) is 16.0. The number of hydrogen-bond acceptors (Lipinski definition) is 4. The van der Waals surface area contributed by atoms with E-state index in [1.807, 2.05) is 18.7 Å². The van der Waals surface area contributed by atoms with Crippen molar-refractivity contribution in [3.05, 3.63) is 35.9 Å². The first-order valence-corrected chi connectivity index (χ1v) is 12.6. The summed E-state index contributed by atoms with van der Waals surface area (Å²) in [6.45, 7) is 8.14. The van der Waals surface area contributed by atoms with E-state index in [-0.39, 0.29) is 30.2 Å². The van der Waals surface area contributed by atoms with E-state index < -0.39 is 6.10 Å². The molecule has 1 aromatic rings. The molecule has 7 nitrogen and oxygen atoms in total. The van der Waals surface area contributed by atoms with Gasteiger partial charge in [0.1, 0.15) is 12.3 Å². The summed E-state index contributed by atoms with van der Waals surface area (Å²) in [5.41, 5.74) is 1.41. The smallest absolute Gasteiger partial charge is 0.317 e. The number of carbonyl (C=O) groups is 2. The number of ether oxygens (including phenoxy) is 2. The summed E-state index contributed by atoms with van der Waals surface area (Å²) in [6, 6.07) is 10.7. The summed E-state index contributed by atoms with van der Waals surface area (Å²) >= 11 is 0. The Labute approximate surface area is 198 Å². The average molecular weight is 460 g/mol. The van der Waals surface area contributed by atoms with Crippen molar-refractivity contribution in [1.82, 2.24) is 15.5 Å². The zero-order valence-electron chi connectivity index (χ0n) is 20.4. The van der Waals surface area contributed by atoms with Gasteiger partial charge in [-0.3, -0.25) is 4.79 Å². The minimum Gasteiger partial charge on any atom is -0.368 e. The van der Waals surface area contributed by atoms with Crippen LogP contribution in [0.1, 0.15) is 70.8 Å². The van der Waals surface area contributed by atoms with Gasteiger partial charge in [-0.05, 0) is 70.8 Å². The summed E-state index contributed by atoms with van der Waals surface area (Å²) in [4.78, 5) is 26.5. The number of nitrogens with zero attached hydrogens (tertiary/aromatic N) is 1. The predicted octanol–water partition coefficient (Wildman–Crippen LogP) is 4.04. The van der Waals surface area contributed by atoms with Crippen LogP contribution >= 0.6 is 0 Å². The van der Waals surface area contributed by atoms with E-state index in [4.69, 9.17) is 9.47 Å². The van der Waals surface area contributed by atoms with Crippen molar-refractivity contribution >= 4 is 11.9 Å². The fourth-order valence-corrected chi connectivity index (χ4v) is 4.90. The molecule has 0 spiro atoms. The third-order valence-electron chi connectivity index (χ3n) is 6.77. The van der Waals surface area contributed by atoms with E-state index in [0.29, 0.717) is 25.6 Å². The van der Waals surface area contributed by atoms with Crippen LogP contribution in [0.25, 0.3) is 0 Å². The molecule has 0 aromatic heterocycles. The molecule has 2 aliphatic rings. The lowest BCUT2D eigenvalue weighted by Crippen LogP contribution is -2.47. The van der Waals surface area contributed by atoms with E-state index >= 15 is 0 Å². The van der Waals surface area contributed by atoms with E-state index in [1.165, 1.54) is 5.56 Å². The molecule has 3 amide bonds. The number of piperidine rings is 1. The van der Waals surface area contributed by atoms with Crippen LogP contribution in [0.5, 0.6) is 0 Å². The molecule has 0 bridgehead atoms. The second-order valence-electron chi connectivity index (χ2n) is 9.44. The van der Waals surface area contributed by atoms with Crippen LogP contribution in [0.2, 0.25) is 0 Å². The number of rotatable bonds is 9. The van der Waals surface area contributed by atoms with Gasteiger partial charge >= 0.3 is 6.03 Å². The fourth-order valence-electron chi connectivity index (χ4n) is 4.90. The van der Waals surface area contributed by atoms with Gasteiger partial charge in [0.15, 0.2) is 0 Å². The number of likely N-dealkylation sites (tertiary alicyclic amines) is 1. The molecule has 1 aliphatic heterocycles. The molecule has 2 fully saturated rings. The first kappa shape index (κ1) is 25.5. The van der Waals surface area contributed by atoms with Gasteiger partial charge in [-0.25, -0.2) is 4.79 Å². The molecule has 0 radical (unpaired) electrons. The van der Waals surface area contributed by atoms with Crippen LogP contribution in [0.3, 0.4) is 0 Å². The summed E-state index contributed by atoms with van der Waals surface area (Å²) in [7, 11) is 0. The maximum atomic E-state index is 12.6. The Balaban J connectivity index is 1.33. The van der Waals surface area contributed by atoms with Crippen molar-refractivity contribution in [2.75, 3.05) is 26.2 Å². The van der Waals surface area contributed by atoms with Crippen molar-refractivity contribution in [3.8, 4) is 0 Å². The SMILES string of the molecule is CCNC(=O)N1CCCC(COC(C)C(=O)NC(C)OC2CCC(c3ccccc3)CC2)C1. The van der Waals surface area contributed by atoms with Gasteiger partial charge in [-0.2, -0.15) is 0 Å². The van der Waals surface area contributed by atoms with Gasteiger partial charge < -0.3 is 25.0 Å². The van der Waals surface area contributed by atoms with E-state index in [0.717, 1.165) is 45.1 Å². The highest BCUT2D eigenvalue weighted by atomic mass is 16.5. The molecule has 1 saturated heterocycles. The van der Waals surface area contributed by atoms with Gasteiger partial charge in [0, 0.05) is 25.6 Å². The molecule has 184 valence electrons. The molecular weight excluding hydrogens is 418 g/mol. The van der Waals surface area contributed by atoms with Crippen LogP contribution in [0, 0.1) is 5.92 Å². The largest absolute Gasteiger partial charge is 0.368 e. The van der Waals surface area contributed by atoms with Crippen LogP contribution in [0.4, 0.5) is 4.79 Å². The Morgan fingerprint density at radius 3 is 2.52 bits per heavy atom. The van der Waals surface area contributed by atoms with Crippen molar-refractivity contribution in [1.29, 1.82) is 0 Å². The average Bonchev–Trinajstić information content (AvgIpc) is 2.83. The van der Waals surface area contributed by atoms with Gasteiger partial charge in [0.05, 0.1) is 12.7 Å². The van der Waals surface area contributed by atoms with Crippen molar-refractivity contribution in [2.24, 2.45) is 5.92 Å². The molecular formula is C26H41N3O4. The highest BCUT2D eigenvalue weighted by molar-refractivity contribution is 5.80. The second kappa shape index (κ2) is 12.9. The summed E-state index contributed by atoms with van der Waals surface area (Å²) in [6.07, 6.45) is 5.50. The van der Waals surface area contributed by atoms with Crippen molar-refractivity contribution in [2.45, 2.75) is 83.6 Å². The maximum Gasteiger partial charge on any atom is 0.317 e. The summed E-state index contributed by atoms with van der Waals surface area (Å²) < 4.78 is 12.0. The van der Waals surface area contributed by atoms with Gasteiger partial charge in [0.2, 0.25) is 0 Å². The summed E-state index contributed by atoms with van der Waals surface area (Å²) in [5, 5.41) is 5.79. The van der Waals surface area contributed by atoms with Gasteiger partial charge in [0.25, 0.3) is 5.91 Å². The van der Waals surface area contributed by atoms with Crippen LogP contribution in [-0.2, 0) is 14.3 Å². The fraction of sp³-hybridized carbons (Fsp3) is 0.692. The Morgan fingerprint density at radius 1 is 1.09 bits per heavy atom. The standard InChI is InChI=1S/C26H41N3O4/c1-4-27-26(31)29-16-8-9-21(17-29)18-32-19(2)25(30)28-20(3)33-24-14-12-23(13-15-24)22-10-6-5-7-11-22/h5-7,10-11,19-21,23-24H,4,8-9,12-18H2,1-3H3,(H,27,31)(H,28,30). The number of nitrogens with one attached hydrogen (secondary N) is 2. The van der Waals surface area contributed by atoms with Crippen molar-refractivity contribution in [3.63, 3.8) is 0 Å². The maximum absolute atomic E-state index is 12.6. The molecule has 7 heteroatoms. The normalized spacial score (nSPS) is 25.2. The third-order valence-corrected chi connectivity index (χ3v) is 6.77. The lowest BCUT2D eigenvalue weighted by molar-refractivity contribution is -0.139. The van der Waals surface area contributed by atoms with E-state index in [1.54, 1.807) is 6.92 Å². The van der Waals surface area contributed by atoms with Crippen LogP contribution < -0.4 is 10.6 Å². The molecule has 1 aliphatic carbocycles. The van der Waals surface area contributed by atoms with Crippen LogP contribution in [-0.4, -0.2) is 61.5 Å². The topological polar surface area (TPSA) is 79.9 Å². The molecule has 2 N–H and O–H groups in total. The monoisotopic (exact) mass is 459 g/mol. The predicted molar refractivity (Wildman–Crippen MR) is 129 cm³/mol. The summed E-state index contributed by atoms with van der Waals surface area (Å²) in [5.74, 6) is 0.704. The van der Waals surface area contributed by atoms with Crippen LogP contribution in [0.15, 0.2) is 30.3 Å². The van der Waals surface area contributed by atoms with E-state index in [2.05, 4.69) is 41.0 Å². The number of amides is 3.